The number of carbonyl (C=O) groups excluding carboxylic acids is 1. The van der Waals surface area contributed by atoms with Crippen LogP contribution in [0.3, 0.4) is 0 Å². The summed E-state index contributed by atoms with van der Waals surface area (Å²) in [5, 5.41) is 9.55. The molecule has 0 amide bonds. The molecule has 28 heavy (non-hydrogen) atoms. The number of carbonyl (C=O) groups is 1. The summed E-state index contributed by atoms with van der Waals surface area (Å²) in [6.45, 7) is 4.76. The smallest absolute Gasteiger partial charge is 0.228 e. The highest BCUT2D eigenvalue weighted by molar-refractivity contribution is 7.99. The average molecular weight is 437 g/mol. The van der Waals surface area contributed by atoms with E-state index in [1.807, 2.05) is 16.7 Å². The number of ketones is 1. The SMILES string of the molecule is CC1CCN(c2nnc(SCC(=O)c3ccc(Cl)s3)n2Cc2ccco2)CC1. The second kappa shape index (κ2) is 8.71. The zero-order valence-electron chi connectivity index (χ0n) is 15.5. The first-order chi connectivity index (χ1) is 13.6. The Kier molecular flexibility index (Phi) is 6.08. The van der Waals surface area contributed by atoms with Crippen LogP contribution in [-0.4, -0.2) is 39.4 Å². The van der Waals surface area contributed by atoms with Gasteiger partial charge in [0.2, 0.25) is 5.95 Å². The Morgan fingerprint density at radius 3 is 2.82 bits per heavy atom. The van der Waals surface area contributed by atoms with Crippen molar-refractivity contribution in [1.29, 1.82) is 0 Å². The zero-order chi connectivity index (χ0) is 19.5. The standard InChI is InChI=1S/C19H21ClN4O2S2/c1-13-6-8-23(9-7-13)18-21-22-19(24(18)11-14-3-2-10-26-14)27-12-15(25)16-4-5-17(20)28-16/h2-5,10,13H,6-9,11-12H2,1H3. The van der Waals surface area contributed by atoms with Crippen LogP contribution in [-0.2, 0) is 6.54 Å². The number of Topliss-reactive ketones (excluding diaryl/α,β-unsaturated/α-hetero) is 1. The molecule has 0 bridgehead atoms. The van der Waals surface area contributed by atoms with Crippen molar-refractivity contribution in [2.75, 3.05) is 23.7 Å². The van der Waals surface area contributed by atoms with Crippen LogP contribution in [0.5, 0.6) is 0 Å². The van der Waals surface area contributed by atoms with Gasteiger partial charge in [-0.05, 0) is 43.0 Å². The molecule has 0 aromatic carbocycles. The van der Waals surface area contributed by atoms with Crippen molar-refractivity contribution in [2.24, 2.45) is 5.92 Å². The molecule has 1 aliphatic rings. The lowest BCUT2D eigenvalue weighted by Crippen LogP contribution is -2.35. The van der Waals surface area contributed by atoms with Gasteiger partial charge in [-0.25, -0.2) is 0 Å². The molecule has 0 spiro atoms. The zero-order valence-corrected chi connectivity index (χ0v) is 17.9. The molecule has 0 radical (unpaired) electrons. The van der Waals surface area contributed by atoms with Crippen LogP contribution in [0, 0.1) is 5.92 Å². The molecule has 1 fully saturated rings. The summed E-state index contributed by atoms with van der Waals surface area (Å²) in [7, 11) is 0. The molecule has 1 aliphatic heterocycles. The fourth-order valence-corrected chi connectivity index (χ4v) is 5.08. The van der Waals surface area contributed by atoms with Crippen LogP contribution in [0.4, 0.5) is 5.95 Å². The van der Waals surface area contributed by atoms with Crippen LogP contribution in [0.15, 0.2) is 40.1 Å². The molecule has 148 valence electrons. The van der Waals surface area contributed by atoms with Crippen molar-refractivity contribution in [3.05, 3.63) is 45.5 Å². The highest BCUT2D eigenvalue weighted by atomic mass is 35.5. The monoisotopic (exact) mass is 436 g/mol. The van der Waals surface area contributed by atoms with E-state index in [2.05, 4.69) is 22.0 Å². The maximum Gasteiger partial charge on any atom is 0.228 e. The predicted molar refractivity (Wildman–Crippen MR) is 113 cm³/mol. The molecule has 0 N–H and O–H groups in total. The van der Waals surface area contributed by atoms with Crippen LogP contribution in [0.25, 0.3) is 0 Å². The van der Waals surface area contributed by atoms with Crippen LogP contribution in [0.1, 0.15) is 35.2 Å². The largest absolute Gasteiger partial charge is 0.467 e. The minimum absolute atomic E-state index is 0.0443. The average Bonchev–Trinajstić information content (AvgIpc) is 3.43. The van der Waals surface area contributed by atoms with Gasteiger partial charge in [0.1, 0.15) is 5.76 Å². The van der Waals surface area contributed by atoms with Gasteiger partial charge in [-0.3, -0.25) is 9.36 Å². The molecule has 4 heterocycles. The molecule has 4 rings (SSSR count). The van der Waals surface area contributed by atoms with E-state index >= 15 is 0 Å². The van der Waals surface area contributed by atoms with Gasteiger partial charge in [0.15, 0.2) is 10.9 Å². The minimum atomic E-state index is 0.0443. The van der Waals surface area contributed by atoms with Gasteiger partial charge in [-0.2, -0.15) is 0 Å². The van der Waals surface area contributed by atoms with Gasteiger partial charge in [-0.15, -0.1) is 21.5 Å². The van der Waals surface area contributed by atoms with Crippen LogP contribution >= 0.6 is 34.7 Å². The number of furan rings is 1. The van der Waals surface area contributed by atoms with Crippen molar-refractivity contribution >= 4 is 46.4 Å². The Labute approximate surface area is 176 Å². The lowest BCUT2D eigenvalue weighted by Gasteiger charge is -2.31. The lowest BCUT2D eigenvalue weighted by atomic mass is 10.00. The second-order valence-corrected chi connectivity index (χ2v) is 9.59. The first-order valence-corrected chi connectivity index (χ1v) is 11.4. The van der Waals surface area contributed by atoms with Crippen molar-refractivity contribution in [3.63, 3.8) is 0 Å². The lowest BCUT2D eigenvalue weighted by molar-refractivity contribution is 0.102. The first kappa shape index (κ1) is 19.5. The third kappa shape index (κ3) is 4.45. The van der Waals surface area contributed by atoms with Gasteiger partial charge < -0.3 is 9.32 Å². The maximum atomic E-state index is 12.4. The Hall–Kier alpha value is -1.77. The molecule has 1 saturated heterocycles. The van der Waals surface area contributed by atoms with E-state index in [0.29, 0.717) is 21.5 Å². The van der Waals surface area contributed by atoms with Crippen LogP contribution < -0.4 is 4.90 Å². The quantitative estimate of drug-likeness (QED) is 0.390. The number of anilines is 1. The number of rotatable bonds is 7. The maximum absolute atomic E-state index is 12.4. The number of hydrogen-bond acceptors (Lipinski definition) is 7. The molecular formula is C19H21ClN4O2S2. The van der Waals surface area contributed by atoms with Crippen LogP contribution in [0.2, 0.25) is 4.34 Å². The summed E-state index contributed by atoms with van der Waals surface area (Å²) in [4.78, 5) is 15.4. The van der Waals surface area contributed by atoms with Crippen molar-refractivity contribution in [2.45, 2.75) is 31.5 Å². The highest BCUT2D eigenvalue weighted by Gasteiger charge is 2.24. The van der Waals surface area contributed by atoms with E-state index in [1.165, 1.54) is 23.1 Å². The van der Waals surface area contributed by atoms with E-state index in [9.17, 15) is 4.79 Å². The molecule has 0 aliphatic carbocycles. The van der Waals surface area contributed by atoms with Crippen molar-refractivity contribution < 1.29 is 9.21 Å². The summed E-state index contributed by atoms with van der Waals surface area (Å²) in [6, 6.07) is 7.33. The number of piperidine rings is 1. The van der Waals surface area contributed by atoms with E-state index in [1.54, 1.807) is 18.4 Å². The summed E-state index contributed by atoms with van der Waals surface area (Å²) in [5.74, 6) is 2.76. The van der Waals surface area contributed by atoms with E-state index in [-0.39, 0.29) is 5.78 Å². The van der Waals surface area contributed by atoms with E-state index < -0.39 is 0 Å². The fraction of sp³-hybridized carbons (Fsp3) is 0.421. The Bertz CT molecular complexity index is 930. The third-order valence-electron chi connectivity index (χ3n) is 4.84. The highest BCUT2D eigenvalue weighted by Crippen LogP contribution is 2.28. The third-order valence-corrected chi connectivity index (χ3v) is 7.08. The molecule has 3 aromatic rings. The number of thiophene rings is 1. The number of hydrogen-bond donors (Lipinski definition) is 0. The number of nitrogens with zero attached hydrogens (tertiary/aromatic N) is 4. The Morgan fingerprint density at radius 2 is 2.14 bits per heavy atom. The van der Waals surface area contributed by atoms with Gasteiger partial charge >= 0.3 is 0 Å². The van der Waals surface area contributed by atoms with E-state index in [0.717, 1.165) is 48.7 Å². The van der Waals surface area contributed by atoms with Crippen molar-refractivity contribution in [1.82, 2.24) is 14.8 Å². The molecule has 6 nitrogen and oxygen atoms in total. The Balaban J connectivity index is 1.53. The molecule has 0 unspecified atom stereocenters. The van der Waals surface area contributed by atoms with Gasteiger partial charge in [0.25, 0.3) is 0 Å². The van der Waals surface area contributed by atoms with Crippen molar-refractivity contribution in [3.8, 4) is 0 Å². The topological polar surface area (TPSA) is 64.2 Å². The number of thioether (sulfide) groups is 1. The van der Waals surface area contributed by atoms with Gasteiger partial charge in [0, 0.05) is 13.1 Å². The summed E-state index contributed by atoms with van der Waals surface area (Å²) < 4.78 is 8.21. The molecule has 9 heteroatoms. The Morgan fingerprint density at radius 1 is 1.32 bits per heavy atom. The molecule has 3 aromatic heterocycles. The number of aromatic nitrogens is 3. The van der Waals surface area contributed by atoms with Gasteiger partial charge in [-0.1, -0.05) is 30.3 Å². The first-order valence-electron chi connectivity index (χ1n) is 9.22. The normalized spacial score (nSPS) is 15.3. The van der Waals surface area contributed by atoms with Gasteiger partial charge in [0.05, 0.1) is 27.8 Å². The summed E-state index contributed by atoms with van der Waals surface area (Å²) >= 11 is 8.65. The number of halogens is 1. The predicted octanol–water partition coefficient (Wildman–Crippen LogP) is 4.85. The molecule has 0 saturated carbocycles. The van der Waals surface area contributed by atoms with E-state index in [4.69, 9.17) is 16.0 Å². The fourth-order valence-electron chi connectivity index (χ4n) is 3.19. The summed E-state index contributed by atoms with van der Waals surface area (Å²) in [6.07, 6.45) is 3.96. The minimum Gasteiger partial charge on any atom is -0.467 e. The molecular weight excluding hydrogens is 416 g/mol. The summed E-state index contributed by atoms with van der Waals surface area (Å²) in [5.41, 5.74) is 0. The molecule has 0 atom stereocenters. The second-order valence-electron chi connectivity index (χ2n) is 6.93.